The molecule has 0 aliphatic heterocycles. The summed E-state index contributed by atoms with van der Waals surface area (Å²) in [5.41, 5.74) is 0.465. The molecule has 0 aromatic heterocycles. The molecular weight excluding hydrogens is 164 g/mol. The van der Waals surface area contributed by atoms with E-state index in [-0.39, 0.29) is 5.60 Å². The number of ether oxygens (including phenoxy) is 1. The zero-order valence-electron chi connectivity index (χ0n) is 8.32. The maximum Gasteiger partial charge on any atom is 0.181 e. The second-order valence-electron chi connectivity index (χ2n) is 3.99. The molecule has 1 N–H and O–H groups in total. The Kier molecular flexibility index (Phi) is 3.07. The standard InChI is InChI=1S/C11H16O2/c1-11(2,3)13-10(12)9-7-5-4-6-8-9/h4-8,10,12H,1-3H3. The number of hydrogen-bond acceptors (Lipinski definition) is 2. The maximum absolute atomic E-state index is 9.63. The monoisotopic (exact) mass is 180 g/mol. The third-order valence-corrected chi connectivity index (χ3v) is 1.55. The van der Waals surface area contributed by atoms with Crippen molar-refractivity contribution in [3.8, 4) is 0 Å². The van der Waals surface area contributed by atoms with E-state index in [1.54, 1.807) is 0 Å². The van der Waals surface area contributed by atoms with Gasteiger partial charge in [0.05, 0.1) is 5.60 Å². The van der Waals surface area contributed by atoms with Gasteiger partial charge in [0.15, 0.2) is 6.29 Å². The van der Waals surface area contributed by atoms with E-state index in [1.807, 2.05) is 51.1 Å². The van der Waals surface area contributed by atoms with Crippen LogP contribution in [0.15, 0.2) is 30.3 Å². The van der Waals surface area contributed by atoms with Gasteiger partial charge in [-0.05, 0) is 20.8 Å². The highest BCUT2D eigenvalue weighted by Gasteiger charge is 2.17. The molecule has 1 aromatic rings. The highest BCUT2D eigenvalue weighted by molar-refractivity contribution is 5.15. The molecule has 72 valence electrons. The Balaban J connectivity index is 2.64. The van der Waals surface area contributed by atoms with E-state index in [4.69, 9.17) is 4.74 Å². The topological polar surface area (TPSA) is 29.5 Å². The van der Waals surface area contributed by atoms with E-state index in [9.17, 15) is 5.11 Å². The largest absolute Gasteiger partial charge is 0.364 e. The van der Waals surface area contributed by atoms with Gasteiger partial charge in [-0.25, -0.2) is 0 Å². The van der Waals surface area contributed by atoms with Gasteiger partial charge in [0, 0.05) is 5.56 Å². The van der Waals surface area contributed by atoms with Gasteiger partial charge in [-0.15, -0.1) is 0 Å². The molecule has 0 aliphatic rings. The first-order valence-corrected chi connectivity index (χ1v) is 4.40. The minimum absolute atomic E-state index is 0.324. The van der Waals surface area contributed by atoms with E-state index in [0.717, 1.165) is 5.56 Å². The van der Waals surface area contributed by atoms with Crippen LogP contribution in [0.25, 0.3) is 0 Å². The lowest BCUT2D eigenvalue weighted by atomic mass is 10.1. The second-order valence-corrected chi connectivity index (χ2v) is 3.99. The Morgan fingerprint density at radius 3 is 2.15 bits per heavy atom. The van der Waals surface area contributed by atoms with Gasteiger partial charge in [-0.1, -0.05) is 30.3 Å². The number of aliphatic hydroxyl groups excluding tert-OH is 1. The number of benzene rings is 1. The van der Waals surface area contributed by atoms with Crippen LogP contribution >= 0.6 is 0 Å². The summed E-state index contributed by atoms with van der Waals surface area (Å²) in [6, 6.07) is 9.36. The summed E-state index contributed by atoms with van der Waals surface area (Å²) in [6.07, 6.45) is -0.832. The molecule has 1 unspecified atom stereocenters. The van der Waals surface area contributed by atoms with Crippen LogP contribution in [0.5, 0.6) is 0 Å². The van der Waals surface area contributed by atoms with Gasteiger partial charge in [-0.3, -0.25) is 0 Å². The Labute approximate surface area is 79.2 Å². The van der Waals surface area contributed by atoms with E-state index in [1.165, 1.54) is 0 Å². The van der Waals surface area contributed by atoms with Crippen LogP contribution in [0.1, 0.15) is 32.6 Å². The normalized spacial score (nSPS) is 14.2. The van der Waals surface area contributed by atoms with Crippen LogP contribution in [-0.4, -0.2) is 10.7 Å². The SMILES string of the molecule is CC(C)(C)OC(O)c1ccccc1. The van der Waals surface area contributed by atoms with E-state index < -0.39 is 6.29 Å². The molecule has 0 radical (unpaired) electrons. The predicted octanol–water partition coefficient (Wildman–Crippen LogP) is 2.49. The van der Waals surface area contributed by atoms with Crippen molar-refractivity contribution >= 4 is 0 Å². The van der Waals surface area contributed by atoms with Crippen molar-refractivity contribution < 1.29 is 9.84 Å². The third-order valence-electron chi connectivity index (χ3n) is 1.55. The van der Waals surface area contributed by atoms with Gasteiger partial charge in [0.1, 0.15) is 0 Å². The molecule has 0 heterocycles. The highest BCUT2D eigenvalue weighted by atomic mass is 16.6. The third kappa shape index (κ3) is 3.57. The first kappa shape index (κ1) is 10.2. The minimum Gasteiger partial charge on any atom is -0.364 e. The van der Waals surface area contributed by atoms with Crippen molar-refractivity contribution in [2.24, 2.45) is 0 Å². The molecule has 1 rings (SSSR count). The maximum atomic E-state index is 9.63. The van der Waals surface area contributed by atoms with Crippen LogP contribution in [-0.2, 0) is 4.74 Å². The van der Waals surface area contributed by atoms with Crippen molar-refractivity contribution in [3.63, 3.8) is 0 Å². The van der Waals surface area contributed by atoms with Crippen LogP contribution in [0.2, 0.25) is 0 Å². The van der Waals surface area contributed by atoms with Crippen molar-refractivity contribution in [2.75, 3.05) is 0 Å². The lowest BCUT2D eigenvalue weighted by molar-refractivity contribution is -0.169. The average Bonchev–Trinajstić information content (AvgIpc) is 2.03. The van der Waals surface area contributed by atoms with E-state index >= 15 is 0 Å². The zero-order valence-corrected chi connectivity index (χ0v) is 8.32. The van der Waals surface area contributed by atoms with Gasteiger partial charge in [-0.2, -0.15) is 0 Å². The smallest absolute Gasteiger partial charge is 0.181 e. The van der Waals surface area contributed by atoms with Gasteiger partial charge < -0.3 is 9.84 Å². The lowest BCUT2D eigenvalue weighted by Gasteiger charge is -2.24. The van der Waals surface area contributed by atoms with Crippen molar-refractivity contribution in [1.82, 2.24) is 0 Å². The van der Waals surface area contributed by atoms with Gasteiger partial charge in [0.25, 0.3) is 0 Å². The lowest BCUT2D eigenvalue weighted by Crippen LogP contribution is -2.22. The molecule has 13 heavy (non-hydrogen) atoms. The van der Waals surface area contributed by atoms with Crippen molar-refractivity contribution in [3.05, 3.63) is 35.9 Å². The van der Waals surface area contributed by atoms with Crippen molar-refractivity contribution in [2.45, 2.75) is 32.7 Å². The number of hydrogen-bond donors (Lipinski definition) is 1. The first-order valence-electron chi connectivity index (χ1n) is 4.40. The fourth-order valence-electron chi connectivity index (χ4n) is 1.02. The van der Waals surface area contributed by atoms with Crippen LogP contribution in [0, 0.1) is 0 Å². The summed E-state index contributed by atoms with van der Waals surface area (Å²) in [7, 11) is 0. The Hall–Kier alpha value is -0.860. The van der Waals surface area contributed by atoms with Gasteiger partial charge >= 0.3 is 0 Å². The average molecular weight is 180 g/mol. The molecule has 0 fully saturated rings. The number of rotatable bonds is 2. The molecule has 1 aromatic carbocycles. The minimum atomic E-state index is -0.832. The van der Waals surface area contributed by atoms with E-state index in [0.29, 0.717) is 0 Å². The second kappa shape index (κ2) is 3.90. The molecule has 2 nitrogen and oxygen atoms in total. The molecular formula is C11H16O2. The summed E-state index contributed by atoms with van der Waals surface area (Å²) in [5.74, 6) is 0. The summed E-state index contributed by atoms with van der Waals surface area (Å²) in [4.78, 5) is 0. The van der Waals surface area contributed by atoms with Crippen LogP contribution in [0.4, 0.5) is 0 Å². The Morgan fingerprint density at radius 1 is 1.15 bits per heavy atom. The summed E-state index contributed by atoms with van der Waals surface area (Å²) >= 11 is 0. The molecule has 2 heteroatoms. The van der Waals surface area contributed by atoms with Gasteiger partial charge in [0.2, 0.25) is 0 Å². The highest BCUT2D eigenvalue weighted by Crippen LogP contribution is 2.20. The molecule has 0 saturated carbocycles. The van der Waals surface area contributed by atoms with Crippen LogP contribution in [0.3, 0.4) is 0 Å². The summed E-state index contributed by atoms with van der Waals surface area (Å²) in [5, 5.41) is 9.63. The molecule has 1 atom stereocenters. The Morgan fingerprint density at radius 2 is 1.69 bits per heavy atom. The predicted molar refractivity (Wildman–Crippen MR) is 52.2 cm³/mol. The molecule has 0 spiro atoms. The van der Waals surface area contributed by atoms with Crippen molar-refractivity contribution in [1.29, 1.82) is 0 Å². The molecule has 0 saturated heterocycles. The summed E-state index contributed by atoms with van der Waals surface area (Å²) in [6.45, 7) is 5.75. The summed E-state index contributed by atoms with van der Waals surface area (Å²) < 4.78 is 5.38. The zero-order chi connectivity index (χ0) is 9.90. The molecule has 0 aliphatic carbocycles. The quantitative estimate of drug-likeness (QED) is 0.708. The number of aliphatic hydroxyl groups is 1. The molecule has 0 bridgehead atoms. The fraction of sp³-hybridized carbons (Fsp3) is 0.455. The van der Waals surface area contributed by atoms with E-state index in [2.05, 4.69) is 0 Å². The fourth-order valence-corrected chi connectivity index (χ4v) is 1.02. The molecule has 0 amide bonds. The first-order chi connectivity index (χ1) is 5.99. The van der Waals surface area contributed by atoms with Crippen LogP contribution < -0.4 is 0 Å². The Bertz CT molecular complexity index is 249.